The molecule has 1 N–H and O–H groups in total. The zero-order valence-corrected chi connectivity index (χ0v) is 13.4. The second-order valence-corrected chi connectivity index (χ2v) is 6.06. The van der Waals surface area contributed by atoms with Crippen LogP contribution in [-0.4, -0.2) is 40.6 Å². The molecule has 1 aliphatic heterocycles. The number of rotatable bonds is 5. The van der Waals surface area contributed by atoms with Crippen LogP contribution in [0, 0.1) is 5.92 Å². The van der Waals surface area contributed by atoms with Crippen molar-refractivity contribution < 1.29 is 9.32 Å². The van der Waals surface area contributed by atoms with Crippen molar-refractivity contribution in [1.29, 1.82) is 0 Å². The summed E-state index contributed by atoms with van der Waals surface area (Å²) in [5.41, 5.74) is 0.963. The van der Waals surface area contributed by atoms with Gasteiger partial charge in [-0.05, 0) is 25.3 Å². The highest BCUT2D eigenvalue weighted by Crippen LogP contribution is 2.19. The fourth-order valence-corrected chi connectivity index (χ4v) is 2.96. The van der Waals surface area contributed by atoms with Crippen molar-refractivity contribution in [3.05, 3.63) is 36.2 Å². The highest BCUT2D eigenvalue weighted by atomic mass is 16.5. The Morgan fingerprint density at radius 3 is 3.00 bits per heavy atom. The van der Waals surface area contributed by atoms with Crippen molar-refractivity contribution in [1.82, 2.24) is 20.4 Å². The van der Waals surface area contributed by atoms with E-state index in [1.807, 2.05) is 30.3 Å². The maximum atomic E-state index is 11.0. The number of benzene rings is 1. The van der Waals surface area contributed by atoms with E-state index in [1.54, 1.807) is 6.92 Å². The van der Waals surface area contributed by atoms with Crippen LogP contribution in [0.2, 0.25) is 0 Å². The lowest BCUT2D eigenvalue weighted by atomic mass is 9.98. The smallest absolute Gasteiger partial charge is 0.241 e. The SMILES string of the molecule is CC(=O)NC[C@@H]1CCCN(Cc2nc(-c3ccccc3)no2)C1. The minimum absolute atomic E-state index is 0.0338. The molecule has 0 bridgehead atoms. The molecule has 1 saturated heterocycles. The molecule has 1 aliphatic rings. The van der Waals surface area contributed by atoms with Crippen LogP contribution in [0.15, 0.2) is 34.9 Å². The van der Waals surface area contributed by atoms with Gasteiger partial charge >= 0.3 is 0 Å². The first kappa shape index (κ1) is 15.7. The summed E-state index contributed by atoms with van der Waals surface area (Å²) in [6.07, 6.45) is 2.28. The lowest BCUT2D eigenvalue weighted by molar-refractivity contribution is -0.119. The Labute approximate surface area is 135 Å². The Morgan fingerprint density at radius 2 is 2.22 bits per heavy atom. The molecule has 1 atom stereocenters. The first-order valence-corrected chi connectivity index (χ1v) is 8.05. The number of hydrogen-bond donors (Lipinski definition) is 1. The Morgan fingerprint density at radius 1 is 1.39 bits per heavy atom. The van der Waals surface area contributed by atoms with Gasteiger partial charge < -0.3 is 9.84 Å². The van der Waals surface area contributed by atoms with Crippen molar-refractivity contribution in [2.45, 2.75) is 26.3 Å². The number of amides is 1. The van der Waals surface area contributed by atoms with Gasteiger partial charge in [0, 0.05) is 25.6 Å². The maximum absolute atomic E-state index is 11.0. The Balaban J connectivity index is 1.57. The Kier molecular flexibility index (Phi) is 5.02. The van der Waals surface area contributed by atoms with Gasteiger partial charge in [-0.25, -0.2) is 0 Å². The van der Waals surface area contributed by atoms with Gasteiger partial charge in [0.05, 0.1) is 6.54 Å². The number of piperidine rings is 1. The molecule has 0 spiro atoms. The van der Waals surface area contributed by atoms with E-state index in [4.69, 9.17) is 4.52 Å². The van der Waals surface area contributed by atoms with Crippen molar-refractivity contribution in [3.8, 4) is 11.4 Å². The fraction of sp³-hybridized carbons (Fsp3) is 0.471. The van der Waals surface area contributed by atoms with Gasteiger partial charge in [0.25, 0.3) is 0 Å². The molecule has 23 heavy (non-hydrogen) atoms. The number of nitrogens with zero attached hydrogens (tertiary/aromatic N) is 3. The molecule has 0 radical (unpaired) electrons. The second kappa shape index (κ2) is 7.37. The Bertz CT molecular complexity index is 641. The van der Waals surface area contributed by atoms with E-state index in [-0.39, 0.29) is 5.91 Å². The summed E-state index contributed by atoms with van der Waals surface area (Å²) in [5, 5.41) is 6.97. The van der Waals surface area contributed by atoms with Gasteiger partial charge in [-0.1, -0.05) is 35.5 Å². The molecule has 0 aliphatic carbocycles. The minimum atomic E-state index is 0.0338. The van der Waals surface area contributed by atoms with Gasteiger partial charge in [0.1, 0.15) is 0 Å². The van der Waals surface area contributed by atoms with E-state index < -0.39 is 0 Å². The first-order valence-electron chi connectivity index (χ1n) is 8.05. The van der Waals surface area contributed by atoms with Crippen LogP contribution in [0.25, 0.3) is 11.4 Å². The molecule has 0 unspecified atom stereocenters. The van der Waals surface area contributed by atoms with Crippen LogP contribution in [0.1, 0.15) is 25.7 Å². The number of aromatic nitrogens is 2. The predicted octanol–water partition coefficient (Wildman–Crippen LogP) is 2.08. The number of carbonyl (C=O) groups is 1. The Hall–Kier alpha value is -2.21. The highest BCUT2D eigenvalue weighted by Gasteiger charge is 2.22. The van der Waals surface area contributed by atoms with Crippen LogP contribution >= 0.6 is 0 Å². The molecular formula is C17H22N4O2. The van der Waals surface area contributed by atoms with Crippen molar-refractivity contribution in [2.75, 3.05) is 19.6 Å². The maximum Gasteiger partial charge on any atom is 0.241 e. The van der Waals surface area contributed by atoms with Crippen LogP contribution in [0.5, 0.6) is 0 Å². The van der Waals surface area contributed by atoms with E-state index in [0.717, 1.165) is 38.0 Å². The molecule has 1 amide bonds. The largest absolute Gasteiger partial charge is 0.356 e. The third-order valence-electron chi connectivity index (χ3n) is 4.10. The van der Waals surface area contributed by atoms with E-state index in [1.165, 1.54) is 0 Å². The van der Waals surface area contributed by atoms with E-state index in [9.17, 15) is 4.79 Å². The van der Waals surface area contributed by atoms with Gasteiger partial charge in [-0.2, -0.15) is 4.98 Å². The normalized spacial score (nSPS) is 18.7. The topological polar surface area (TPSA) is 71.3 Å². The van der Waals surface area contributed by atoms with Crippen LogP contribution in [-0.2, 0) is 11.3 Å². The van der Waals surface area contributed by atoms with Gasteiger partial charge in [-0.3, -0.25) is 9.69 Å². The number of likely N-dealkylation sites (tertiary alicyclic amines) is 1. The molecule has 122 valence electrons. The molecular weight excluding hydrogens is 292 g/mol. The summed E-state index contributed by atoms with van der Waals surface area (Å²) in [7, 11) is 0. The molecule has 1 fully saturated rings. The first-order chi connectivity index (χ1) is 11.2. The number of nitrogens with one attached hydrogen (secondary N) is 1. The average Bonchev–Trinajstić information content (AvgIpc) is 3.03. The molecule has 2 heterocycles. The van der Waals surface area contributed by atoms with E-state index in [0.29, 0.717) is 24.2 Å². The van der Waals surface area contributed by atoms with Crippen molar-refractivity contribution in [2.24, 2.45) is 5.92 Å². The summed E-state index contributed by atoms with van der Waals surface area (Å²) in [6, 6.07) is 9.83. The summed E-state index contributed by atoms with van der Waals surface area (Å²) in [4.78, 5) is 17.8. The van der Waals surface area contributed by atoms with Crippen LogP contribution < -0.4 is 5.32 Å². The summed E-state index contributed by atoms with van der Waals surface area (Å²) >= 11 is 0. The quantitative estimate of drug-likeness (QED) is 0.915. The standard InChI is InChI=1S/C17H22N4O2/c1-13(22)18-10-14-6-5-9-21(11-14)12-16-19-17(20-23-16)15-7-3-2-4-8-15/h2-4,7-8,14H,5-6,9-12H2,1H3,(H,18,22)/t14-/m0/s1. The fourth-order valence-electron chi connectivity index (χ4n) is 2.96. The van der Waals surface area contributed by atoms with Gasteiger partial charge in [-0.15, -0.1) is 0 Å². The van der Waals surface area contributed by atoms with E-state index in [2.05, 4.69) is 20.4 Å². The molecule has 0 saturated carbocycles. The summed E-state index contributed by atoms with van der Waals surface area (Å²) in [6.45, 7) is 4.94. The van der Waals surface area contributed by atoms with Crippen molar-refractivity contribution >= 4 is 5.91 Å². The van der Waals surface area contributed by atoms with E-state index >= 15 is 0 Å². The molecule has 6 nitrogen and oxygen atoms in total. The molecule has 1 aromatic heterocycles. The van der Waals surface area contributed by atoms with Gasteiger partial charge in [0.15, 0.2) is 0 Å². The zero-order valence-electron chi connectivity index (χ0n) is 13.4. The third-order valence-corrected chi connectivity index (χ3v) is 4.10. The lowest BCUT2D eigenvalue weighted by Crippen LogP contribution is -2.40. The highest BCUT2D eigenvalue weighted by molar-refractivity contribution is 5.72. The molecule has 2 aromatic rings. The average molecular weight is 314 g/mol. The van der Waals surface area contributed by atoms with Gasteiger partial charge in [0.2, 0.25) is 17.6 Å². The molecule has 1 aromatic carbocycles. The molecule has 3 rings (SSSR count). The predicted molar refractivity (Wildman–Crippen MR) is 86.4 cm³/mol. The number of hydrogen-bond acceptors (Lipinski definition) is 5. The number of carbonyl (C=O) groups excluding carboxylic acids is 1. The lowest BCUT2D eigenvalue weighted by Gasteiger charge is -2.31. The molecule has 6 heteroatoms. The van der Waals surface area contributed by atoms with Crippen LogP contribution in [0.3, 0.4) is 0 Å². The zero-order chi connectivity index (χ0) is 16.1. The summed E-state index contributed by atoms with van der Waals surface area (Å²) < 4.78 is 5.38. The second-order valence-electron chi connectivity index (χ2n) is 6.06. The van der Waals surface area contributed by atoms with Crippen molar-refractivity contribution in [3.63, 3.8) is 0 Å². The monoisotopic (exact) mass is 314 g/mol. The third kappa shape index (κ3) is 4.39. The minimum Gasteiger partial charge on any atom is -0.356 e. The summed E-state index contributed by atoms with van der Waals surface area (Å²) in [5.74, 6) is 1.80. The van der Waals surface area contributed by atoms with Crippen LogP contribution in [0.4, 0.5) is 0 Å².